The number of aliphatic hydroxyl groups is 1. The van der Waals surface area contributed by atoms with Gasteiger partial charge in [-0.2, -0.15) is 0 Å². The van der Waals surface area contributed by atoms with Gasteiger partial charge in [-0.1, -0.05) is 60.2 Å². The van der Waals surface area contributed by atoms with Gasteiger partial charge in [0.05, 0.1) is 5.76 Å². The number of phenols is 1. The van der Waals surface area contributed by atoms with E-state index in [0.29, 0.717) is 24.9 Å². The third-order valence-electron chi connectivity index (χ3n) is 5.58. The summed E-state index contributed by atoms with van der Waals surface area (Å²) in [6, 6.07) is 23.6. The second-order valence-electron chi connectivity index (χ2n) is 8.01. The first-order valence-electron chi connectivity index (χ1n) is 10.2. The third kappa shape index (κ3) is 5.45. The molecule has 0 aliphatic heterocycles. The van der Waals surface area contributed by atoms with E-state index in [2.05, 4.69) is 36.4 Å². The molecular weight excluding hydrogens is 386 g/mol. The summed E-state index contributed by atoms with van der Waals surface area (Å²) in [5.74, 6) is -0.0451. The SMILES string of the molecule is Cc1ccc([C@](CCC(O)=CC(=N)N)(Cc2ccccc2)c2cc(N)cc(O)c2)cc1. The van der Waals surface area contributed by atoms with E-state index in [1.165, 1.54) is 12.1 Å². The van der Waals surface area contributed by atoms with Crippen molar-refractivity contribution in [1.29, 1.82) is 5.41 Å². The molecule has 0 aliphatic rings. The summed E-state index contributed by atoms with van der Waals surface area (Å²) in [4.78, 5) is 0. The van der Waals surface area contributed by atoms with Crippen LogP contribution in [0.4, 0.5) is 5.69 Å². The van der Waals surface area contributed by atoms with Crippen LogP contribution in [0.2, 0.25) is 0 Å². The number of nitrogens with two attached hydrogens (primary N) is 2. The van der Waals surface area contributed by atoms with Crippen LogP contribution in [-0.4, -0.2) is 16.0 Å². The fourth-order valence-corrected chi connectivity index (χ4v) is 4.07. The molecule has 0 amide bonds. The van der Waals surface area contributed by atoms with Crippen molar-refractivity contribution in [3.05, 3.63) is 107 Å². The first kappa shape index (κ1) is 22.0. The summed E-state index contributed by atoms with van der Waals surface area (Å²) in [6.07, 6.45) is 2.76. The Morgan fingerprint density at radius 1 is 1.00 bits per heavy atom. The Kier molecular flexibility index (Phi) is 6.65. The molecule has 0 bridgehead atoms. The molecule has 0 saturated carbocycles. The summed E-state index contributed by atoms with van der Waals surface area (Å²) >= 11 is 0. The largest absolute Gasteiger partial charge is 0.512 e. The van der Waals surface area contributed by atoms with Crippen LogP contribution in [0.1, 0.15) is 35.1 Å². The molecule has 0 spiro atoms. The molecule has 3 rings (SSSR count). The summed E-state index contributed by atoms with van der Waals surface area (Å²) in [5.41, 5.74) is 15.6. The van der Waals surface area contributed by atoms with Gasteiger partial charge in [0.25, 0.3) is 0 Å². The molecule has 0 heterocycles. The topological polar surface area (TPSA) is 116 Å². The Bertz CT molecular complexity index is 1060. The summed E-state index contributed by atoms with van der Waals surface area (Å²) < 4.78 is 0. The Labute approximate surface area is 183 Å². The molecule has 0 saturated heterocycles. The van der Waals surface area contributed by atoms with Gasteiger partial charge >= 0.3 is 0 Å². The number of nitrogens with one attached hydrogen (secondary N) is 1. The highest BCUT2D eigenvalue weighted by Crippen LogP contribution is 2.42. The first-order chi connectivity index (χ1) is 14.8. The number of hydrogen-bond acceptors (Lipinski definition) is 4. The van der Waals surface area contributed by atoms with Gasteiger partial charge in [0.1, 0.15) is 11.6 Å². The van der Waals surface area contributed by atoms with E-state index >= 15 is 0 Å². The van der Waals surface area contributed by atoms with Gasteiger partial charge in [0, 0.05) is 29.7 Å². The van der Waals surface area contributed by atoms with Gasteiger partial charge in [-0.25, -0.2) is 0 Å². The second-order valence-corrected chi connectivity index (χ2v) is 8.01. The molecule has 160 valence electrons. The molecule has 1 atom stereocenters. The average Bonchev–Trinajstić information content (AvgIpc) is 2.71. The number of hydrogen-bond donors (Lipinski definition) is 5. The van der Waals surface area contributed by atoms with E-state index in [0.717, 1.165) is 22.3 Å². The number of aromatic hydroxyl groups is 1. The van der Waals surface area contributed by atoms with Gasteiger partial charge < -0.3 is 21.7 Å². The number of phenolic OH excluding ortho intramolecular Hbond substituents is 1. The van der Waals surface area contributed by atoms with E-state index in [9.17, 15) is 10.2 Å². The average molecular weight is 416 g/mol. The van der Waals surface area contributed by atoms with Gasteiger partial charge in [-0.05, 0) is 48.6 Å². The molecule has 0 radical (unpaired) electrons. The zero-order valence-electron chi connectivity index (χ0n) is 17.7. The molecule has 3 aromatic carbocycles. The van der Waals surface area contributed by atoms with Crippen molar-refractivity contribution in [3.8, 4) is 5.75 Å². The zero-order valence-corrected chi connectivity index (χ0v) is 17.7. The molecule has 5 nitrogen and oxygen atoms in total. The van der Waals surface area contributed by atoms with Crippen molar-refractivity contribution in [2.75, 3.05) is 5.73 Å². The summed E-state index contributed by atoms with van der Waals surface area (Å²) in [7, 11) is 0. The van der Waals surface area contributed by atoms with Crippen molar-refractivity contribution < 1.29 is 10.2 Å². The number of anilines is 1. The predicted octanol–water partition coefficient (Wildman–Crippen LogP) is 4.97. The van der Waals surface area contributed by atoms with Crippen LogP contribution in [0.3, 0.4) is 0 Å². The van der Waals surface area contributed by atoms with Crippen molar-refractivity contribution in [3.63, 3.8) is 0 Å². The Morgan fingerprint density at radius 2 is 1.68 bits per heavy atom. The monoisotopic (exact) mass is 415 g/mol. The Hall–Kier alpha value is -3.73. The molecule has 0 unspecified atom stereocenters. The number of aryl methyl sites for hydroxylation is 1. The Balaban J connectivity index is 2.20. The minimum Gasteiger partial charge on any atom is -0.512 e. The van der Waals surface area contributed by atoms with Gasteiger partial charge in [-0.3, -0.25) is 5.41 Å². The van der Waals surface area contributed by atoms with Crippen molar-refractivity contribution in [2.24, 2.45) is 5.73 Å². The number of aliphatic hydroxyl groups excluding tert-OH is 1. The van der Waals surface area contributed by atoms with E-state index in [4.69, 9.17) is 16.9 Å². The normalized spacial score (nSPS) is 13.5. The maximum absolute atomic E-state index is 10.4. The highest BCUT2D eigenvalue weighted by atomic mass is 16.3. The van der Waals surface area contributed by atoms with Gasteiger partial charge in [0.2, 0.25) is 0 Å². The molecular formula is C26H29N3O2. The zero-order chi connectivity index (χ0) is 22.4. The van der Waals surface area contributed by atoms with E-state index in [1.54, 1.807) is 6.07 Å². The number of rotatable bonds is 8. The van der Waals surface area contributed by atoms with Crippen LogP contribution < -0.4 is 11.5 Å². The molecule has 3 aromatic rings. The van der Waals surface area contributed by atoms with Gasteiger partial charge in [0.15, 0.2) is 0 Å². The van der Waals surface area contributed by atoms with Crippen molar-refractivity contribution >= 4 is 11.5 Å². The summed E-state index contributed by atoms with van der Waals surface area (Å²) in [5, 5.41) is 28.1. The third-order valence-corrected chi connectivity index (χ3v) is 5.58. The Morgan fingerprint density at radius 3 is 2.29 bits per heavy atom. The second kappa shape index (κ2) is 9.39. The maximum Gasteiger partial charge on any atom is 0.118 e. The first-order valence-corrected chi connectivity index (χ1v) is 10.2. The number of benzene rings is 3. The predicted molar refractivity (Wildman–Crippen MR) is 126 cm³/mol. The number of nitrogen functional groups attached to an aromatic ring is 1. The molecule has 0 aliphatic carbocycles. The molecule has 0 aromatic heterocycles. The smallest absolute Gasteiger partial charge is 0.118 e. The minimum absolute atomic E-state index is 0.0465. The van der Waals surface area contributed by atoms with Crippen LogP contribution in [-0.2, 0) is 11.8 Å². The lowest BCUT2D eigenvalue weighted by molar-refractivity contribution is 0.356. The lowest BCUT2D eigenvalue weighted by atomic mass is 9.67. The molecule has 31 heavy (non-hydrogen) atoms. The number of amidine groups is 1. The molecule has 5 heteroatoms. The van der Waals surface area contributed by atoms with Gasteiger partial charge in [-0.15, -0.1) is 0 Å². The summed E-state index contributed by atoms with van der Waals surface area (Å²) in [6.45, 7) is 2.04. The van der Waals surface area contributed by atoms with E-state index < -0.39 is 5.41 Å². The lowest BCUT2D eigenvalue weighted by Crippen LogP contribution is -2.31. The standard InChI is InChI=1S/C26H29N3O2/c1-18-7-9-20(10-8-18)26(12-11-23(30)16-25(28)29,17-19-5-3-2-4-6-19)21-13-22(27)15-24(31)14-21/h2-10,13-16,30-31H,11-12,17,27H2,1H3,(H3,28,29)/t26-/m0/s1. The van der Waals surface area contributed by atoms with E-state index in [1.807, 2.05) is 31.2 Å². The van der Waals surface area contributed by atoms with Crippen LogP contribution in [0.25, 0.3) is 0 Å². The quantitative estimate of drug-likeness (QED) is 0.155. The minimum atomic E-state index is -0.569. The van der Waals surface area contributed by atoms with E-state index in [-0.39, 0.29) is 17.3 Å². The van der Waals surface area contributed by atoms with Crippen molar-refractivity contribution in [1.82, 2.24) is 0 Å². The molecule has 0 fully saturated rings. The van der Waals surface area contributed by atoms with Crippen LogP contribution >= 0.6 is 0 Å². The highest BCUT2D eigenvalue weighted by Gasteiger charge is 2.35. The van der Waals surface area contributed by atoms with Crippen LogP contribution in [0.15, 0.2) is 84.6 Å². The van der Waals surface area contributed by atoms with Crippen LogP contribution in [0.5, 0.6) is 5.75 Å². The maximum atomic E-state index is 10.4. The van der Waals surface area contributed by atoms with Crippen LogP contribution in [0, 0.1) is 12.3 Å². The number of allylic oxidation sites excluding steroid dienone is 1. The fraction of sp³-hybridized carbons (Fsp3) is 0.192. The lowest BCUT2D eigenvalue weighted by Gasteiger charge is -2.36. The fourth-order valence-electron chi connectivity index (χ4n) is 4.07. The highest BCUT2D eigenvalue weighted by molar-refractivity contribution is 5.88. The molecule has 7 N–H and O–H groups in total. The van der Waals surface area contributed by atoms with Crippen molar-refractivity contribution in [2.45, 2.75) is 31.6 Å².